The summed E-state index contributed by atoms with van der Waals surface area (Å²) in [6.45, 7) is 5.64. The van der Waals surface area contributed by atoms with Crippen LogP contribution in [0.3, 0.4) is 0 Å². The van der Waals surface area contributed by atoms with Crippen molar-refractivity contribution >= 4 is 35.8 Å². The van der Waals surface area contributed by atoms with Crippen LogP contribution in [0.2, 0.25) is 0 Å². The smallest absolute Gasteiger partial charge is 0.222 e. The second-order valence-corrected chi connectivity index (χ2v) is 7.75. The number of amides is 1. The molecule has 0 atom stereocenters. The van der Waals surface area contributed by atoms with E-state index in [4.69, 9.17) is 14.5 Å². The molecule has 0 saturated carbocycles. The number of carbonyl (C=O) groups excluding carboxylic acids is 1. The normalized spacial score (nSPS) is 13.5. The van der Waals surface area contributed by atoms with Gasteiger partial charge in [0.2, 0.25) is 5.91 Å². The Balaban J connectivity index is 0.00000385. The molecule has 1 heterocycles. The van der Waals surface area contributed by atoms with Gasteiger partial charge in [0.15, 0.2) is 17.5 Å². The lowest BCUT2D eigenvalue weighted by Crippen LogP contribution is -2.38. The minimum atomic E-state index is 0. The fraction of sp³-hybridized carbons (Fsp3) is 0.440. The molecule has 0 aromatic heterocycles. The molecule has 0 bridgehead atoms. The maximum Gasteiger partial charge on any atom is 0.222 e. The van der Waals surface area contributed by atoms with Crippen LogP contribution >= 0.6 is 24.0 Å². The lowest BCUT2D eigenvalue weighted by Gasteiger charge is -2.18. The Labute approximate surface area is 214 Å². The third kappa shape index (κ3) is 7.80. The van der Waals surface area contributed by atoms with Gasteiger partial charge in [0.1, 0.15) is 0 Å². The Morgan fingerprint density at radius 1 is 1.06 bits per heavy atom. The number of likely N-dealkylation sites (tertiary alicyclic amines) is 1. The number of benzene rings is 2. The summed E-state index contributed by atoms with van der Waals surface area (Å²) in [7, 11) is 3.28. The summed E-state index contributed by atoms with van der Waals surface area (Å²) < 4.78 is 10.7. The number of nitrogens with zero attached hydrogens (tertiary/aromatic N) is 2. The molecule has 1 aliphatic heterocycles. The molecule has 2 aromatic carbocycles. The van der Waals surface area contributed by atoms with Crippen LogP contribution in [0.4, 0.5) is 0 Å². The van der Waals surface area contributed by atoms with E-state index in [-0.39, 0.29) is 29.9 Å². The van der Waals surface area contributed by atoms with Crippen molar-refractivity contribution in [2.75, 3.05) is 33.9 Å². The fourth-order valence-electron chi connectivity index (χ4n) is 3.81. The highest BCUT2D eigenvalue weighted by Gasteiger charge is 2.20. The van der Waals surface area contributed by atoms with E-state index in [0.29, 0.717) is 19.5 Å². The van der Waals surface area contributed by atoms with Crippen molar-refractivity contribution in [3.8, 4) is 11.5 Å². The van der Waals surface area contributed by atoms with Gasteiger partial charge in [0.05, 0.1) is 20.8 Å². The molecule has 0 spiro atoms. The van der Waals surface area contributed by atoms with E-state index in [0.717, 1.165) is 66.6 Å². The summed E-state index contributed by atoms with van der Waals surface area (Å²) in [4.78, 5) is 18.7. The Hall–Kier alpha value is -2.49. The number of aliphatic imine (C=N–C) groups is 1. The number of ether oxygens (including phenoxy) is 2. The van der Waals surface area contributed by atoms with Crippen molar-refractivity contribution < 1.29 is 14.3 Å². The number of hydrogen-bond donors (Lipinski definition) is 2. The topological polar surface area (TPSA) is 75.2 Å². The standard InChI is InChI=1S/C25H34N4O3.HI/c1-4-26-25(27-14-13-19-11-12-22(31-2)23(16-19)32-3)28-17-20-8-5-6-9-21(20)18-29-15-7-10-24(29)30;/h5-6,8-9,11-12,16H,4,7,10,13-15,17-18H2,1-3H3,(H2,26,27,28);1H. The van der Waals surface area contributed by atoms with E-state index in [1.807, 2.05) is 35.2 Å². The van der Waals surface area contributed by atoms with Crippen molar-refractivity contribution in [3.05, 3.63) is 59.2 Å². The Kier molecular flexibility index (Phi) is 11.3. The van der Waals surface area contributed by atoms with Crippen LogP contribution in [-0.4, -0.2) is 50.6 Å². The molecule has 2 aromatic rings. The van der Waals surface area contributed by atoms with Gasteiger partial charge in [-0.3, -0.25) is 4.79 Å². The van der Waals surface area contributed by atoms with Gasteiger partial charge in [-0.2, -0.15) is 0 Å². The SMILES string of the molecule is CCNC(=NCc1ccccc1CN1CCCC1=O)NCCc1ccc(OC)c(OC)c1.I. The number of methoxy groups -OCH3 is 2. The highest BCUT2D eigenvalue weighted by Crippen LogP contribution is 2.27. The molecule has 8 heteroatoms. The number of halogens is 1. The summed E-state index contributed by atoms with van der Waals surface area (Å²) >= 11 is 0. The van der Waals surface area contributed by atoms with E-state index < -0.39 is 0 Å². The number of nitrogens with one attached hydrogen (secondary N) is 2. The van der Waals surface area contributed by atoms with Crippen molar-refractivity contribution in [2.24, 2.45) is 4.99 Å². The molecule has 1 fully saturated rings. The van der Waals surface area contributed by atoms with Crippen LogP contribution < -0.4 is 20.1 Å². The zero-order chi connectivity index (χ0) is 22.8. The van der Waals surface area contributed by atoms with Crippen LogP contribution in [-0.2, 0) is 24.3 Å². The minimum Gasteiger partial charge on any atom is -0.493 e. The van der Waals surface area contributed by atoms with Crippen molar-refractivity contribution in [2.45, 2.75) is 39.3 Å². The fourth-order valence-corrected chi connectivity index (χ4v) is 3.81. The monoisotopic (exact) mass is 566 g/mol. The first kappa shape index (κ1) is 26.8. The summed E-state index contributed by atoms with van der Waals surface area (Å²) in [5.41, 5.74) is 3.46. The zero-order valence-corrected chi connectivity index (χ0v) is 22.1. The van der Waals surface area contributed by atoms with Gasteiger partial charge in [-0.25, -0.2) is 4.99 Å². The molecule has 3 rings (SSSR count). The number of carbonyl (C=O) groups is 1. The Morgan fingerprint density at radius 2 is 1.82 bits per heavy atom. The first-order valence-electron chi connectivity index (χ1n) is 11.2. The van der Waals surface area contributed by atoms with E-state index in [1.165, 1.54) is 0 Å². The summed E-state index contributed by atoms with van der Waals surface area (Å²) in [5.74, 6) is 2.49. The average Bonchev–Trinajstić information content (AvgIpc) is 3.22. The average molecular weight is 566 g/mol. The molecule has 1 aliphatic rings. The maximum atomic E-state index is 12.0. The van der Waals surface area contributed by atoms with Crippen LogP contribution in [0.1, 0.15) is 36.5 Å². The van der Waals surface area contributed by atoms with E-state index in [1.54, 1.807) is 14.2 Å². The maximum absolute atomic E-state index is 12.0. The molecule has 180 valence electrons. The quantitative estimate of drug-likeness (QED) is 0.261. The van der Waals surface area contributed by atoms with Gasteiger partial charge >= 0.3 is 0 Å². The van der Waals surface area contributed by atoms with Crippen molar-refractivity contribution in [1.82, 2.24) is 15.5 Å². The molecular formula is C25H35IN4O3. The first-order valence-corrected chi connectivity index (χ1v) is 11.2. The Morgan fingerprint density at radius 3 is 2.48 bits per heavy atom. The largest absolute Gasteiger partial charge is 0.493 e. The summed E-state index contributed by atoms with van der Waals surface area (Å²) in [6, 6.07) is 14.2. The third-order valence-electron chi connectivity index (χ3n) is 5.56. The van der Waals surface area contributed by atoms with Crippen molar-refractivity contribution in [3.63, 3.8) is 0 Å². The molecular weight excluding hydrogens is 531 g/mol. The molecule has 1 saturated heterocycles. The zero-order valence-electron chi connectivity index (χ0n) is 19.7. The first-order chi connectivity index (χ1) is 15.6. The molecule has 0 radical (unpaired) electrons. The predicted molar refractivity (Wildman–Crippen MR) is 143 cm³/mol. The van der Waals surface area contributed by atoms with Crippen LogP contribution in [0, 0.1) is 0 Å². The molecule has 0 unspecified atom stereocenters. The highest BCUT2D eigenvalue weighted by atomic mass is 127. The Bertz CT molecular complexity index is 936. The number of hydrogen-bond acceptors (Lipinski definition) is 4. The third-order valence-corrected chi connectivity index (χ3v) is 5.56. The second kappa shape index (κ2) is 13.9. The lowest BCUT2D eigenvalue weighted by molar-refractivity contribution is -0.128. The predicted octanol–water partition coefficient (Wildman–Crippen LogP) is 3.74. The van der Waals surface area contributed by atoms with E-state index in [2.05, 4.69) is 29.7 Å². The van der Waals surface area contributed by atoms with Crippen LogP contribution in [0.5, 0.6) is 11.5 Å². The summed E-state index contributed by atoms with van der Waals surface area (Å²) in [5, 5.41) is 6.72. The number of rotatable bonds is 10. The lowest BCUT2D eigenvalue weighted by atomic mass is 10.1. The number of guanidine groups is 1. The molecule has 0 aliphatic carbocycles. The van der Waals surface area contributed by atoms with E-state index in [9.17, 15) is 4.79 Å². The highest BCUT2D eigenvalue weighted by molar-refractivity contribution is 14.0. The van der Waals surface area contributed by atoms with Gasteiger partial charge in [0.25, 0.3) is 0 Å². The molecule has 7 nitrogen and oxygen atoms in total. The van der Waals surface area contributed by atoms with Crippen LogP contribution in [0.15, 0.2) is 47.5 Å². The van der Waals surface area contributed by atoms with Gasteiger partial charge in [-0.15, -0.1) is 24.0 Å². The van der Waals surface area contributed by atoms with Gasteiger partial charge < -0.3 is 25.0 Å². The van der Waals surface area contributed by atoms with E-state index >= 15 is 0 Å². The summed E-state index contributed by atoms with van der Waals surface area (Å²) in [6.07, 6.45) is 2.45. The van der Waals surface area contributed by atoms with Crippen molar-refractivity contribution in [1.29, 1.82) is 0 Å². The molecule has 1 amide bonds. The minimum absolute atomic E-state index is 0. The molecule has 2 N–H and O–H groups in total. The molecule has 33 heavy (non-hydrogen) atoms. The van der Waals surface area contributed by atoms with Crippen LogP contribution in [0.25, 0.3) is 0 Å². The van der Waals surface area contributed by atoms with Gasteiger partial charge in [-0.1, -0.05) is 30.3 Å². The second-order valence-electron chi connectivity index (χ2n) is 7.75. The van der Waals surface area contributed by atoms with Gasteiger partial charge in [-0.05, 0) is 48.6 Å². The van der Waals surface area contributed by atoms with Gasteiger partial charge in [0, 0.05) is 32.6 Å².